The molecule has 1 atom stereocenters. The standard InChI is InChI=1S/C27H33NO4/c1-19-25(26(29)32-27(2,3)4)22(21-10-8-7-9-11-21)15-17-28(19)16-14-20-12-13-23(30-5)24(18-20)31-6/h7-13,15,17-18,22H,14,16H2,1-6H3. The van der Waals surface area contributed by atoms with Gasteiger partial charge in [0.05, 0.1) is 19.8 Å². The molecule has 2 aromatic carbocycles. The van der Waals surface area contributed by atoms with Crippen molar-refractivity contribution in [2.45, 2.75) is 45.6 Å². The summed E-state index contributed by atoms with van der Waals surface area (Å²) in [5.41, 5.74) is 3.24. The lowest BCUT2D eigenvalue weighted by Gasteiger charge is -2.32. The first-order valence-electron chi connectivity index (χ1n) is 10.9. The molecule has 0 aromatic heterocycles. The number of rotatable bonds is 7. The summed E-state index contributed by atoms with van der Waals surface area (Å²) in [5.74, 6) is 1.01. The lowest BCUT2D eigenvalue weighted by Crippen LogP contribution is -2.32. The SMILES string of the molecule is COc1ccc(CCN2C=CC(c3ccccc3)C(C(=O)OC(C)(C)C)=C2C)cc1OC. The van der Waals surface area contributed by atoms with Crippen molar-refractivity contribution in [3.05, 3.63) is 83.2 Å². The second-order valence-corrected chi connectivity index (χ2v) is 8.86. The van der Waals surface area contributed by atoms with Gasteiger partial charge in [0.25, 0.3) is 0 Å². The summed E-state index contributed by atoms with van der Waals surface area (Å²) in [7, 11) is 3.27. The van der Waals surface area contributed by atoms with E-state index in [2.05, 4.69) is 17.2 Å². The topological polar surface area (TPSA) is 48.0 Å². The van der Waals surface area contributed by atoms with E-state index in [1.165, 1.54) is 0 Å². The summed E-state index contributed by atoms with van der Waals surface area (Å²) in [6.45, 7) is 8.41. The number of hydrogen-bond acceptors (Lipinski definition) is 5. The Kier molecular flexibility index (Phi) is 7.29. The van der Waals surface area contributed by atoms with Gasteiger partial charge in [0.15, 0.2) is 11.5 Å². The van der Waals surface area contributed by atoms with Crippen LogP contribution in [0.1, 0.15) is 44.7 Å². The summed E-state index contributed by atoms with van der Waals surface area (Å²) < 4.78 is 16.5. The van der Waals surface area contributed by atoms with Crippen molar-refractivity contribution in [3.8, 4) is 11.5 Å². The van der Waals surface area contributed by atoms with Crippen LogP contribution in [0.2, 0.25) is 0 Å². The van der Waals surface area contributed by atoms with E-state index in [1.54, 1.807) is 14.2 Å². The largest absolute Gasteiger partial charge is 0.493 e. The average Bonchev–Trinajstić information content (AvgIpc) is 2.77. The van der Waals surface area contributed by atoms with Gasteiger partial charge in [0.2, 0.25) is 0 Å². The van der Waals surface area contributed by atoms with Crippen LogP contribution in [0.5, 0.6) is 11.5 Å². The van der Waals surface area contributed by atoms with E-state index < -0.39 is 5.60 Å². The zero-order valence-electron chi connectivity index (χ0n) is 19.8. The predicted octanol–water partition coefficient (Wildman–Crippen LogP) is 5.48. The minimum atomic E-state index is -0.558. The van der Waals surface area contributed by atoms with Gasteiger partial charge in [0.1, 0.15) is 5.60 Å². The van der Waals surface area contributed by atoms with E-state index in [0.717, 1.165) is 29.8 Å². The second kappa shape index (κ2) is 9.94. The van der Waals surface area contributed by atoms with Crippen molar-refractivity contribution in [1.82, 2.24) is 4.90 Å². The van der Waals surface area contributed by atoms with Gasteiger partial charge >= 0.3 is 5.97 Å². The first-order valence-corrected chi connectivity index (χ1v) is 10.9. The molecule has 0 bridgehead atoms. The molecule has 1 aliphatic heterocycles. The van der Waals surface area contributed by atoms with E-state index >= 15 is 0 Å². The molecule has 5 heteroatoms. The van der Waals surface area contributed by atoms with Gasteiger partial charge in [-0.1, -0.05) is 42.5 Å². The van der Waals surface area contributed by atoms with Gasteiger partial charge in [-0.15, -0.1) is 0 Å². The van der Waals surface area contributed by atoms with Crippen molar-refractivity contribution >= 4 is 5.97 Å². The van der Waals surface area contributed by atoms with Crippen LogP contribution in [-0.2, 0) is 16.0 Å². The minimum Gasteiger partial charge on any atom is -0.493 e. The number of hydrogen-bond donors (Lipinski definition) is 0. The van der Waals surface area contributed by atoms with Gasteiger partial charge < -0.3 is 19.1 Å². The van der Waals surface area contributed by atoms with E-state index in [9.17, 15) is 4.79 Å². The highest BCUT2D eigenvalue weighted by atomic mass is 16.6. The van der Waals surface area contributed by atoms with Crippen LogP contribution in [0.4, 0.5) is 0 Å². The highest BCUT2D eigenvalue weighted by Crippen LogP contribution is 2.35. The Morgan fingerprint density at radius 2 is 1.69 bits per heavy atom. The van der Waals surface area contributed by atoms with Crippen LogP contribution in [0.3, 0.4) is 0 Å². The molecule has 1 unspecified atom stereocenters. The van der Waals surface area contributed by atoms with E-state index in [-0.39, 0.29) is 11.9 Å². The molecule has 3 rings (SSSR count). The van der Waals surface area contributed by atoms with Crippen LogP contribution >= 0.6 is 0 Å². The lowest BCUT2D eigenvalue weighted by molar-refractivity contribution is -0.150. The molecule has 5 nitrogen and oxygen atoms in total. The maximum Gasteiger partial charge on any atom is 0.337 e. The summed E-state index contributed by atoms with van der Waals surface area (Å²) >= 11 is 0. The Morgan fingerprint density at radius 3 is 2.31 bits per heavy atom. The molecule has 0 spiro atoms. The third kappa shape index (κ3) is 5.52. The molecule has 32 heavy (non-hydrogen) atoms. The van der Waals surface area contributed by atoms with Crippen LogP contribution in [0, 0.1) is 0 Å². The predicted molar refractivity (Wildman–Crippen MR) is 127 cm³/mol. The number of methoxy groups -OCH3 is 2. The first kappa shape index (κ1) is 23.5. The Hall–Kier alpha value is -3.21. The molecule has 0 N–H and O–H groups in total. The van der Waals surface area contributed by atoms with Crippen LogP contribution in [-0.4, -0.2) is 37.2 Å². The fourth-order valence-corrected chi connectivity index (χ4v) is 3.85. The summed E-state index contributed by atoms with van der Waals surface area (Å²) in [4.78, 5) is 15.3. The zero-order valence-corrected chi connectivity index (χ0v) is 19.8. The first-order chi connectivity index (χ1) is 15.2. The van der Waals surface area contributed by atoms with Crippen LogP contribution < -0.4 is 9.47 Å². The number of allylic oxidation sites excluding steroid dienone is 2. The van der Waals surface area contributed by atoms with E-state index in [4.69, 9.17) is 14.2 Å². The van der Waals surface area contributed by atoms with Gasteiger partial charge in [-0.3, -0.25) is 0 Å². The molecular weight excluding hydrogens is 402 g/mol. The third-order valence-electron chi connectivity index (χ3n) is 5.46. The molecule has 0 saturated carbocycles. The fourth-order valence-electron chi connectivity index (χ4n) is 3.85. The number of nitrogens with zero attached hydrogens (tertiary/aromatic N) is 1. The molecule has 0 radical (unpaired) electrons. The second-order valence-electron chi connectivity index (χ2n) is 8.86. The molecule has 170 valence electrons. The smallest absolute Gasteiger partial charge is 0.337 e. The normalized spacial score (nSPS) is 16.2. The Labute approximate surface area is 191 Å². The van der Waals surface area contributed by atoms with Crippen molar-refractivity contribution in [2.75, 3.05) is 20.8 Å². The zero-order chi connectivity index (χ0) is 23.3. The molecule has 2 aromatic rings. The molecule has 0 amide bonds. The monoisotopic (exact) mass is 435 g/mol. The van der Waals surface area contributed by atoms with Gasteiger partial charge in [0, 0.05) is 24.4 Å². The quantitative estimate of drug-likeness (QED) is 0.540. The van der Waals surface area contributed by atoms with Crippen molar-refractivity contribution < 1.29 is 19.0 Å². The minimum absolute atomic E-state index is 0.136. The Balaban J connectivity index is 1.86. The van der Waals surface area contributed by atoms with Crippen molar-refractivity contribution in [3.63, 3.8) is 0 Å². The number of carbonyl (C=O) groups excluding carboxylic acids is 1. The van der Waals surface area contributed by atoms with Gasteiger partial charge in [-0.2, -0.15) is 0 Å². The van der Waals surface area contributed by atoms with Gasteiger partial charge in [-0.05, 0) is 57.4 Å². The Morgan fingerprint density at radius 1 is 1.00 bits per heavy atom. The number of carbonyl (C=O) groups is 1. The van der Waals surface area contributed by atoms with Gasteiger partial charge in [-0.25, -0.2) is 4.79 Å². The van der Waals surface area contributed by atoms with Crippen LogP contribution in [0.25, 0.3) is 0 Å². The maximum atomic E-state index is 13.2. The molecule has 0 saturated heterocycles. The van der Waals surface area contributed by atoms with E-state index in [1.807, 2.05) is 76.2 Å². The number of esters is 1. The van der Waals surface area contributed by atoms with Crippen molar-refractivity contribution in [1.29, 1.82) is 0 Å². The molecule has 1 aliphatic rings. The average molecular weight is 436 g/mol. The highest BCUT2D eigenvalue weighted by Gasteiger charge is 2.31. The fraction of sp³-hybridized carbons (Fsp3) is 0.370. The summed E-state index contributed by atoms with van der Waals surface area (Å²) in [6, 6.07) is 16.0. The van der Waals surface area contributed by atoms with E-state index in [0.29, 0.717) is 17.1 Å². The number of ether oxygens (including phenoxy) is 3. The molecule has 0 aliphatic carbocycles. The number of benzene rings is 2. The highest BCUT2D eigenvalue weighted by molar-refractivity contribution is 5.92. The molecule has 0 fully saturated rings. The third-order valence-corrected chi connectivity index (χ3v) is 5.46. The Bertz CT molecular complexity index is 1000. The summed E-state index contributed by atoms with van der Waals surface area (Å²) in [5, 5.41) is 0. The molecular formula is C27H33NO4. The van der Waals surface area contributed by atoms with Crippen molar-refractivity contribution in [2.24, 2.45) is 0 Å². The van der Waals surface area contributed by atoms with Crippen LogP contribution in [0.15, 0.2) is 72.1 Å². The lowest BCUT2D eigenvalue weighted by atomic mass is 9.87. The molecule has 1 heterocycles. The maximum absolute atomic E-state index is 13.2. The summed E-state index contributed by atoms with van der Waals surface area (Å²) in [6.07, 6.45) is 4.94.